The molecular weight excluding hydrogens is 330 g/mol. The number of fused-ring (bicyclic) bond motifs is 1. The molecule has 0 saturated heterocycles. The summed E-state index contributed by atoms with van der Waals surface area (Å²) < 4.78 is 7.53. The van der Waals surface area contributed by atoms with E-state index in [0.717, 1.165) is 28.1 Å². The molecule has 0 spiro atoms. The molecule has 3 aromatic heterocycles. The van der Waals surface area contributed by atoms with Crippen molar-refractivity contribution in [2.45, 2.75) is 20.8 Å². The van der Waals surface area contributed by atoms with Gasteiger partial charge in [0.2, 0.25) is 0 Å². The van der Waals surface area contributed by atoms with Gasteiger partial charge in [-0.05, 0) is 50.6 Å². The summed E-state index contributed by atoms with van der Waals surface area (Å²) in [7, 11) is 0. The normalized spacial score (nSPS) is 11.2. The molecule has 0 atom stereocenters. The molecule has 0 fully saturated rings. The maximum Gasteiger partial charge on any atom is 0.354 e. The molecule has 0 aliphatic rings. The van der Waals surface area contributed by atoms with Crippen molar-refractivity contribution in [3.05, 3.63) is 65.2 Å². The van der Waals surface area contributed by atoms with E-state index in [1.165, 1.54) is 0 Å². The highest BCUT2D eigenvalue weighted by atomic mass is 16.4. The number of carboxylic acids is 1. The highest BCUT2D eigenvalue weighted by Gasteiger charge is 2.21. The van der Waals surface area contributed by atoms with E-state index in [1.807, 2.05) is 57.2 Å². The Kier molecular flexibility index (Phi) is 3.61. The molecule has 0 bridgehead atoms. The highest BCUT2D eigenvalue weighted by molar-refractivity contribution is 5.99. The van der Waals surface area contributed by atoms with Crippen LogP contribution in [-0.4, -0.2) is 25.8 Å². The molecule has 130 valence electrons. The molecule has 4 aromatic rings. The third kappa shape index (κ3) is 2.47. The molecule has 3 heterocycles. The molecule has 0 aliphatic carbocycles. The van der Waals surface area contributed by atoms with Crippen LogP contribution in [0.5, 0.6) is 0 Å². The number of pyridine rings is 1. The Bertz CT molecular complexity index is 1120. The number of furan rings is 1. The molecule has 6 nitrogen and oxygen atoms in total. The molecular formula is C20H17N3O3. The van der Waals surface area contributed by atoms with Crippen molar-refractivity contribution in [3.8, 4) is 17.0 Å². The number of aromatic carboxylic acids is 1. The zero-order chi connectivity index (χ0) is 18.4. The molecule has 4 rings (SSSR count). The van der Waals surface area contributed by atoms with Gasteiger partial charge in [0.15, 0.2) is 11.3 Å². The van der Waals surface area contributed by atoms with Crippen LogP contribution >= 0.6 is 0 Å². The van der Waals surface area contributed by atoms with Crippen LogP contribution in [-0.2, 0) is 0 Å². The lowest BCUT2D eigenvalue weighted by atomic mass is 10.1. The molecule has 0 unspecified atom stereocenters. The Morgan fingerprint density at radius 3 is 2.46 bits per heavy atom. The lowest BCUT2D eigenvalue weighted by Crippen LogP contribution is -2.04. The number of hydrogen-bond donors (Lipinski definition) is 1. The van der Waals surface area contributed by atoms with Crippen LogP contribution < -0.4 is 0 Å². The lowest BCUT2D eigenvalue weighted by Gasteiger charge is -2.06. The average molecular weight is 347 g/mol. The minimum absolute atomic E-state index is 0.0451. The predicted octanol–water partition coefficient (Wildman–Crippen LogP) is 4.30. The quantitative estimate of drug-likeness (QED) is 0.597. The first-order valence-electron chi connectivity index (χ1n) is 8.22. The maximum atomic E-state index is 11.6. The number of benzene rings is 1. The largest absolute Gasteiger partial charge is 0.477 e. The number of nitrogens with zero attached hydrogens (tertiary/aromatic N) is 3. The Morgan fingerprint density at radius 2 is 1.85 bits per heavy atom. The zero-order valence-electron chi connectivity index (χ0n) is 14.6. The second kappa shape index (κ2) is 5.84. The van der Waals surface area contributed by atoms with Gasteiger partial charge in [-0.25, -0.2) is 14.5 Å². The molecule has 1 aromatic carbocycles. The molecule has 0 aliphatic heterocycles. The fourth-order valence-corrected chi connectivity index (χ4v) is 3.05. The van der Waals surface area contributed by atoms with Gasteiger partial charge in [-0.2, -0.15) is 5.10 Å². The molecule has 0 saturated carbocycles. The standard InChI is InChI=1S/C20H17N3O3/c1-11-9-17(26-13(11)3)15-10-16(20(24)25)21-19-18(15)12(2)22-23(19)14-7-5-4-6-8-14/h4-10H,1-3H3,(H,24,25). The van der Waals surface area contributed by atoms with Crippen LogP contribution in [0.4, 0.5) is 0 Å². The number of para-hydroxylation sites is 1. The molecule has 6 heteroatoms. The van der Waals surface area contributed by atoms with E-state index in [-0.39, 0.29) is 5.69 Å². The van der Waals surface area contributed by atoms with Crippen molar-refractivity contribution >= 4 is 17.0 Å². The predicted molar refractivity (Wildman–Crippen MR) is 97.7 cm³/mol. The van der Waals surface area contributed by atoms with E-state index < -0.39 is 5.97 Å². The lowest BCUT2D eigenvalue weighted by molar-refractivity contribution is 0.0691. The van der Waals surface area contributed by atoms with Gasteiger partial charge in [-0.15, -0.1) is 0 Å². The van der Waals surface area contributed by atoms with Crippen molar-refractivity contribution in [3.63, 3.8) is 0 Å². The third-order valence-corrected chi connectivity index (χ3v) is 4.46. The van der Waals surface area contributed by atoms with Crippen molar-refractivity contribution in [1.29, 1.82) is 0 Å². The molecule has 0 radical (unpaired) electrons. The second-order valence-electron chi connectivity index (χ2n) is 6.24. The van der Waals surface area contributed by atoms with Gasteiger partial charge in [-0.3, -0.25) is 0 Å². The summed E-state index contributed by atoms with van der Waals surface area (Å²) in [4.78, 5) is 16.0. The van der Waals surface area contributed by atoms with Gasteiger partial charge in [-0.1, -0.05) is 18.2 Å². The van der Waals surface area contributed by atoms with Crippen LogP contribution in [0, 0.1) is 20.8 Å². The summed E-state index contributed by atoms with van der Waals surface area (Å²) in [6.07, 6.45) is 0. The van der Waals surface area contributed by atoms with Crippen molar-refractivity contribution in [2.75, 3.05) is 0 Å². The number of carboxylic acid groups (broad SMARTS) is 1. The van der Waals surface area contributed by atoms with Gasteiger partial charge in [0.1, 0.15) is 11.5 Å². The molecule has 1 N–H and O–H groups in total. The van der Waals surface area contributed by atoms with Gasteiger partial charge in [0.05, 0.1) is 16.8 Å². The summed E-state index contributed by atoms with van der Waals surface area (Å²) in [6.45, 7) is 5.73. The van der Waals surface area contributed by atoms with Crippen LogP contribution in [0.2, 0.25) is 0 Å². The summed E-state index contributed by atoms with van der Waals surface area (Å²) in [6, 6.07) is 13.0. The monoisotopic (exact) mass is 347 g/mol. The Hall–Kier alpha value is -3.41. The van der Waals surface area contributed by atoms with E-state index >= 15 is 0 Å². The number of aromatic nitrogens is 3. The number of carbonyl (C=O) groups is 1. The van der Waals surface area contributed by atoms with E-state index in [1.54, 1.807) is 10.7 Å². The van der Waals surface area contributed by atoms with Gasteiger partial charge in [0, 0.05) is 5.56 Å². The van der Waals surface area contributed by atoms with Crippen molar-refractivity contribution in [1.82, 2.24) is 14.8 Å². The fourth-order valence-electron chi connectivity index (χ4n) is 3.05. The van der Waals surface area contributed by atoms with Gasteiger partial charge >= 0.3 is 5.97 Å². The van der Waals surface area contributed by atoms with Crippen molar-refractivity contribution in [2.24, 2.45) is 0 Å². The van der Waals surface area contributed by atoms with Crippen LogP contribution in [0.3, 0.4) is 0 Å². The first-order chi connectivity index (χ1) is 12.5. The summed E-state index contributed by atoms with van der Waals surface area (Å²) in [5.74, 6) is 0.326. The van der Waals surface area contributed by atoms with Crippen LogP contribution in [0.15, 0.2) is 46.9 Å². The summed E-state index contributed by atoms with van der Waals surface area (Å²) in [5.41, 5.74) is 3.72. The number of aryl methyl sites for hydroxylation is 3. The van der Waals surface area contributed by atoms with Crippen LogP contribution in [0.1, 0.15) is 27.5 Å². The van der Waals surface area contributed by atoms with E-state index in [9.17, 15) is 9.90 Å². The molecule has 26 heavy (non-hydrogen) atoms. The van der Waals surface area contributed by atoms with E-state index in [4.69, 9.17) is 4.42 Å². The van der Waals surface area contributed by atoms with Crippen molar-refractivity contribution < 1.29 is 14.3 Å². The first kappa shape index (κ1) is 16.1. The minimum Gasteiger partial charge on any atom is -0.477 e. The minimum atomic E-state index is -1.09. The second-order valence-corrected chi connectivity index (χ2v) is 6.24. The Balaban J connectivity index is 2.09. The average Bonchev–Trinajstić information content (AvgIpc) is 3.15. The first-order valence-corrected chi connectivity index (χ1v) is 8.22. The highest BCUT2D eigenvalue weighted by Crippen LogP contribution is 2.34. The topological polar surface area (TPSA) is 81.1 Å². The maximum absolute atomic E-state index is 11.6. The van der Waals surface area contributed by atoms with Gasteiger partial charge in [0.25, 0.3) is 0 Å². The smallest absolute Gasteiger partial charge is 0.354 e. The van der Waals surface area contributed by atoms with E-state index in [0.29, 0.717) is 17.0 Å². The summed E-state index contributed by atoms with van der Waals surface area (Å²) in [5, 5.41) is 14.9. The third-order valence-electron chi connectivity index (χ3n) is 4.46. The Labute approximate surface area is 149 Å². The van der Waals surface area contributed by atoms with E-state index in [2.05, 4.69) is 10.1 Å². The number of hydrogen-bond acceptors (Lipinski definition) is 4. The van der Waals surface area contributed by atoms with Crippen LogP contribution in [0.25, 0.3) is 28.0 Å². The Morgan fingerprint density at radius 1 is 1.12 bits per heavy atom. The zero-order valence-corrected chi connectivity index (χ0v) is 14.6. The SMILES string of the molecule is Cc1cc(-c2cc(C(=O)O)nc3c2c(C)nn3-c2ccccc2)oc1C. The molecule has 0 amide bonds. The summed E-state index contributed by atoms with van der Waals surface area (Å²) >= 11 is 0. The fraction of sp³-hybridized carbons (Fsp3) is 0.150. The number of rotatable bonds is 3. The van der Waals surface area contributed by atoms with Gasteiger partial charge < -0.3 is 9.52 Å².